The van der Waals surface area contributed by atoms with Gasteiger partial charge in [0.25, 0.3) is 0 Å². The third-order valence-corrected chi connectivity index (χ3v) is 2.21. The average Bonchev–Trinajstić information content (AvgIpc) is 2.26. The number of hydrogen-bond donors (Lipinski definition) is 2. The molecule has 0 aromatic rings. The van der Waals surface area contributed by atoms with E-state index in [4.69, 9.17) is 14.6 Å². The molecule has 80 valence electrons. The Hall–Kier alpha value is -0.840. The van der Waals surface area contributed by atoms with Crippen LogP contribution in [0.15, 0.2) is 24.0 Å². The van der Waals surface area contributed by atoms with Crippen LogP contribution in [0.2, 0.25) is 0 Å². The largest absolute Gasteiger partial charge is 0.497 e. The second-order valence-corrected chi connectivity index (χ2v) is 3.10. The van der Waals surface area contributed by atoms with Gasteiger partial charge in [-0.2, -0.15) is 0 Å². The van der Waals surface area contributed by atoms with Crippen molar-refractivity contribution in [3.8, 4) is 0 Å². The van der Waals surface area contributed by atoms with Gasteiger partial charge in [-0.15, -0.1) is 0 Å². The molecule has 0 saturated carbocycles. The molecule has 0 bridgehead atoms. The number of hydrogen-bond acceptors (Lipinski definition) is 4. The maximum Gasteiger partial charge on any atom is 0.145 e. The zero-order valence-corrected chi connectivity index (χ0v) is 8.62. The molecule has 14 heavy (non-hydrogen) atoms. The summed E-state index contributed by atoms with van der Waals surface area (Å²) in [6.45, 7) is 0.583. The summed E-state index contributed by atoms with van der Waals surface area (Å²) in [5.74, 6) is 0.767. The first-order chi connectivity index (χ1) is 6.76. The highest BCUT2D eigenvalue weighted by Crippen LogP contribution is 2.22. The van der Waals surface area contributed by atoms with Crippen molar-refractivity contribution in [3.63, 3.8) is 0 Å². The van der Waals surface area contributed by atoms with Crippen LogP contribution in [0.5, 0.6) is 0 Å². The number of rotatable bonds is 5. The Labute approximate surface area is 84.2 Å². The summed E-state index contributed by atoms with van der Waals surface area (Å²) in [5, 5.41) is 11.9. The van der Waals surface area contributed by atoms with Crippen LogP contribution in [0, 0.1) is 0 Å². The number of aliphatic hydroxyl groups excluding tert-OH is 1. The van der Waals surface area contributed by atoms with Gasteiger partial charge in [-0.25, -0.2) is 0 Å². The minimum atomic E-state index is -0.539. The third-order valence-electron chi connectivity index (χ3n) is 2.21. The normalized spacial score (nSPS) is 26.1. The Morgan fingerprint density at radius 2 is 2.36 bits per heavy atom. The van der Waals surface area contributed by atoms with Crippen LogP contribution >= 0.6 is 0 Å². The van der Waals surface area contributed by atoms with Gasteiger partial charge in [0.15, 0.2) is 0 Å². The summed E-state index contributed by atoms with van der Waals surface area (Å²) in [6.07, 6.45) is 6.49. The maximum absolute atomic E-state index is 8.74. The summed E-state index contributed by atoms with van der Waals surface area (Å²) < 4.78 is 10.5. The van der Waals surface area contributed by atoms with Crippen molar-refractivity contribution >= 4 is 0 Å². The molecule has 0 amide bonds. The van der Waals surface area contributed by atoms with E-state index in [1.165, 1.54) is 0 Å². The highest BCUT2D eigenvalue weighted by molar-refractivity contribution is 5.23. The van der Waals surface area contributed by atoms with Crippen LogP contribution < -0.4 is 5.32 Å². The Kier molecular flexibility index (Phi) is 4.13. The SMILES string of the molecule is COC1=CC(NCCO)(OC)CC=C1. The standard InChI is InChI=1S/C10H17NO3/c1-13-9-4-3-5-10(8-9,14-2)11-6-7-12/h3-4,8,11-12H,5-7H2,1-2H3. The topological polar surface area (TPSA) is 50.7 Å². The van der Waals surface area contributed by atoms with Crippen LogP contribution in [-0.4, -0.2) is 38.2 Å². The van der Waals surface area contributed by atoms with Crippen molar-refractivity contribution in [2.45, 2.75) is 12.1 Å². The van der Waals surface area contributed by atoms with E-state index in [2.05, 4.69) is 5.32 Å². The Bertz CT molecular complexity index is 238. The molecule has 4 heteroatoms. The minimum absolute atomic E-state index is 0.0883. The Balaban J connectivity index is 2.69. The lowest BCUT2D eigenvalue weighted by Gasteiger charge is -2.31. The second kappa shape index (κ2) is 5.14. The predicted molar refractivity (Wildman–Crippen MR) is 53.7 cm³/mol. The van der Waals surface area contributed by atoms with Gasteiger partial charge in [0.05, 0.1) is 13.7 Å². The summed E-state index contributed by atoms with van der Waals surface area (Å²) >= 11 is 0. The van der Waals surface area contributed by atoms with E-state index in [-0.39, 0.29) is 6.61 Å². The molecule has 2 N–H and O–H groups in total. The third kappa shape index (κ3) is 2.57. The van der Waals surface area contributed by atoms with Crippen LogP contribution in [0.25, 0.3) is 0 Å². The minimum Gasteiger partial charge on any atom is -0.497 e. The van der Waals surface area contributed by atoms with E-state index in [1.54, 1.807) is 14.2 Å². The van der Waals surface area contributed by atoms with Crippen molar-refractivity contribution in [1.29, 1.82) is 0 Å². The molecule has 1 aliphatic carbocycles. The van der Waals surface area contributed by atoms with Crippen LogP contribution in [0.4, 0.5) is 0 Å². The zero-order valence-electron chi connectivity index (χ0n) is 8.62. The molecule has 0 aliphatic heterocycles. The van der Waals surface area contributed by atoms with E-state index in [0.717, 1.165) is 12.2 Å². The number of aliphatic hydroxyl groups is 1. The predicted octanol–water partition coefficient (Wildman–Crippen LogP) is 0.401. The molecule has 0 heterocycles. The van der Waals surface area contributed by atoms with Crippen molar-refractivity contribution < 1.29 is 14.6 Å². The molecule has 4 nitrogen and oxygen atoms in total. The van der Waals surface area contributed by atoms with Gasteiger partial charge in [-0.3, -0.25) is 5.32 Å². The molecule has 0 spiro atoms. The number of methoxy groups -OCH3 is 2. The lowest BCUT2D eigenvalue weighted by molar-refractivity contribution is -0.00199. The molecule has 1 rings (SSSR count). The summed E-state index contributed by atoms with van der Waals surface area (Å²) in [5.41, 5.74) is -0.539. The molecule has 0 fully saturated rings. The van der Waals surface area contributed by atoms with Gasteiger partial charge < -0.3 is 14.6 Å². The molecule has 1 unspecified atom stereocenters. The Morgan fingerprint density at radius 3 is 2.93 bits per heavy atom. The molecular weight excluding hydrogens is 182 g/mol. The van der Waals surface area contributed by atoms with Crippen LogP contribution in [0.1, 0.15) is 6.42 Å². The summed E-state index contributed by atoms with van der Waals surface area (Å²) in [7, 11) is 3.25. The first-order valence-electron chi connectivity index (χ1n) is 4.61. The van der Waals surface area contributed by atoms with Crippen molar-refractivity contribution in [2.24, 2.45) is 0 Å². The smallest absolute Gasteiger partial charge is 0.145 e. The Morgan fingerprint density at radius 1 is 1.57 bits per heavy atom. The highest BCUT2D eigenvalue weighted by atomic mass is 16.5. The van der Waals surface area contributed by atoms with Gasteiger partial charge in [0.2, 0.25) is 0 Å². The second-order valence-electron chi connectivity index (χ2n) is 3.10. The van der Waals surface area contributed by atoms with E-state index in [0.29, 0.717) is 6.54 Å². The van der Waals surface area contributed by atoms with E-state index in [9.17, 15) is 0 Å². The molecule has 0 saturated heterocycles. The highest BCUT2D eigenvalue weighted by Gasteiger charge is 2.27. The molecule has 0 aromatic heterocycles. The molecular formula is C10H17NO3. The van der Waals surface area contributed by atoms with Crippen molar-refractivity contribution in [2.75, 3.05) is 27.4 Å². The first kappa shape index (κ1) is 11.2. The number of allylic oxidation sites excluding steroid dienone is 1. The molecule has 1 aliphatic rings. The van der Waals surface area contributed by atoms with Crippen molar-refractivity contribution in [3.05, 3.63) is 24.0 Å². The fraction of sp³-hybridized carbons (Fsp3) is 0.600. The van der Waals surface area contributed by atoms with Gasteiger partial charge >= 0.3 is 0 Å². The quantitative estimate of drug-likeness (QED) is 0.629. The lowest BCUT2D eigenvalue weighted by atomic mass is 10.0. The number of nitrogens with one attached hydrogen (secondary N) is 1. The van der Waals surface area contributed by atoms with Gasteiger partial charge in [-0.05, 0) is 6.08 Å². The number of ether oxygens (including phenoxy) is 2. The van der Waals surface area contributed by atoms with E-state index in [1.807, 2.05) is 18.2 Å². The van der Waals surface area contributed by atoms with Crippen molar-refractivity contribution in [1.82, 2.24) is 5.32 Å². The first-order valence-corrected chi connectivity index (χ1v) is 4.61. The fourth-order valence-electron chi connectivity index (χ4n) is 1.42. The lowest BCUT2D eigenvalue weighted by Crippen LogP contribution is -2.47. The molecule has 0 aromatic carbocycles. The zero-order chi connectivity index (χ0) is 10.4. The van der Waals surface area contributed by atoms with E-state index < -0.39 is 5.72 Å². The van der Waals surface area contributed by atoms with Crippen LogP contribution in [0.3, 0.4) is 0 Å². The fourth-order valence-corrected chi connectivity index (χ4v) is 1.42. The average molecular weight is 199 g/mol. The molecule has 0 radical (unpaired) electrons. The van der Waals surface area contributed by atoms with Gasteiger partial charge in [-0.1, -0.05) is 6.08 Å². The summed E-state index contributed by atoms with van der Waals surface area (Å²) in [4.78, 5) is 0. The monoisotopic (exact) mass is 199 g/mol. The maximum atomic E-state index is 8.74. The molecule has 1 atom stereocenters. The van der Waals surface area contributed by atoms with Gasteiger partial charge in [0, 0.05) is 26.2 Å². The summed E-state index contributed by atoms with van der Waals surface area (Å²) in [6, 6.07) is 0. The van der Waals surface area contributed by atoms with Gasteiger partial charge in [0.1, 0.15) is 11.5 Å². The van der Waals surface area contributed by atoms with E-state index >= 15 is 0 Å². The van der Waals surface area contributed by atoms with Crippen LogP contribution in [-0.2, 0) is 9.47 Å².